The Balaban J connectivity index is 2.28. The molecule has 1 aromatic heterocycles. The van der Waals surface area contributed by atoms with Crippen LogP contribution in [0, 0.1) is 11.6 Å². The van der Waals surface area contributed by atoms with E-state index < -0.39 is 32.5 Å². The van der Waals surface area contributed by atoms with E-state index in [1.54, 1.807) is 0 Å². The third kappa shape index (κ3) is 3.31. The van der Waals surface area contributed by atoms with Gasteiger partial charge in [-0.25, -0.2) is 27.0 Å². The highest BCUT2D eigenvalue weighted by Crippen LogP contribution is 2.17. The number of hydrogen-bond acceptors (Lipinski definition) is 4. The van der Waals surface area contributed by atoms with Crippen LogP contribution in [0.1, 0.15) is 10.4 Å². The van der Waals surface area contributed by atoms with E-state index in [4.69, 9.17) is 5.11 Å². The highest BCUT2D eigenvalue weighted by Gasteiger charge is 2.17. The lowest BCUT2D eigenvalue weighted by Gasteiger charge is -2.07. The lowest BCUT2D eigenvalue weighted by molar-refractivity contribution is 0.0696. The lowest BCUT2D eigenvalue weighted by atomic mass is 10.3. The smallest absolute Gasteiger partial charge is 0.337 e. The van der Waals surface area contributed by atoms with E-state index in [1.165, 1.54) is 0 Å². The van der Waals surface area contributed by atoms with Crippen molar-refractivity contribution in [3.63, 3.8) is 0 Å². The predicted molar refractivity (Wildman–Crippen MR) is 68.4 cm³/mol. The fourth-order valence-electron chi connectivity index (χ4n) is 1.42. The zero-order chi connectivity index (χ0) is 15.6. The van der Waals surface area contributed by atoms with Crippen LogP contribution in [-0.2, 0) is 10.0 Å². The van der Waals surface area contributed by atoms with Gasteiger partial charge in [-0.15, -0.1) is 0 Å². The molecule has 0 aliphatic carbocycles. The van der Waals surface area contributed by atoms with Crippen LogP contribution >= 0.6 is 0 Å². The first-order chi connectivity index (χ1) is 9.79. The summed E-state index contributed by atoms with van der Waals surface area (Å²) in [5.41, 5.74) is -0.120. The number of carbonyl (C=O) groups is 1. The maximum atomic E-state index is 13.0. The van der Waals surface area contributed by atoms with Crippen molar-refractivity contribution in [1.82, 2.24) is 4.98 Å². The Morgan fingerprint density at radius 2 is 1.86 bits per heavy atom. The number of anilines is 1. The Bertz CT molecular complexity index is 791. The second-order valence-electron chi connectivity index (χ2n) is 3.92. The highest BCUT2D eigenvalue weighted by atomic mass is 32.2. The lowest BCUT2D eigenvalue weighted by Crippen LogP contribution is -2.14. The quantitative estimate of drug-likeness (QED) is 0.898. The number of hydrogen-bond donors (Lipinski definition) is 2. The number of carboxylic acids is 1. The molecule has 2 aromatic rings. The van der Waals surface area contributed by atoms with Crippen LogP contribution in [0.25, 0.3) is 0 Å². The number of halogens is 2. The van der Waals surface area contributed by atoms with E-state index in [0.29, 0.717) is 12.1 Å². The molecule has 0 unspecified atom stereocenters. The van der Waals surface area contributed by atoms with Crippen LogP contribution in [0.3, 0.4) is 0 Å². The largest absolute Gasteiger partial charge is 0.478 e. The Morgan fingerprint density at radius 3 is 2.38 bits per heavy atom. The predicted octanol–water partition coefficient (Wildman–Crippen LogP) is 1.86. The van der Waals surface area contributed by atoms with E-state index in [0.717, 1.165) is 24.4 Å². The number of carboxylic acid groups (broad SMARTS) is 1. The van der Waals surface area contributed by atoms with Crippen LogP contribution in [0.15, 0.2) is 41.4 Å². The summed E-state index contributed by atoms with van der Waals surface area (Å²) in [5.74, 6) is -3.83. The Hall–Kier alpha value is -2.55. The number of pyridine rings is 1. The third-order valence-corrected chi connectivity index (χ3v) is 3.80. The minimum atomic E-state index is -4.15. The van der Waals surface area contributed by atoms with Crippen LogP contribution in [0.2, 0.25) is 0 Å². The van der Waals surface area contributed by atoms with Gasteiger partial charge in [-0.1, -0.05) is 0 Å². The van der Waals surface area contributed by atoms with Crippen molar-refractivity contribution < 1.29 is 27.1 Å². The molecule has 0 bridgehead atoms. The molecule has 110 valence electrons. The summed E-state index contributed by atoms with van der Waals surface area (Å²) in [6.07, 6.45) is 0.964. The number of nitrogens with one attached hydrogen (secondary N) is 1. The normalized spacial score (nSPS) is 11.1. The number of aromatic nitrogens is 1. The van der Waals surface area contributed by atoms with Crippen molar-refractivity contribution in [2.75, 3.05) is 4.72 Å². The second kappa shape index (κ2) is 5.44. The molecule has 1 aromatic carbocycles. The van der Waals surface area contributed by atoms with Gasteiger partial charge in [-0.2, -0.15) is 0 Å². The summed E-state index contributed by atoms with van der Waals surface area (Å²) in [6, 6.07) is 4.40. The maximum absolute atomic E-state index is 13.0. The van der Waals surface area contributed by atoms with Gasteiger partial charge in [0.15, 0.2) is 11.6 Å². The van der Waals surface area contributed by atoms with Gasteiger partial charge >= 0.3 is 5.97 Å². The van der Waals surface area contributed by atoms with Crippen LogP contribution in [-0.4, -0.2) is 24.5 Å². The van der Waals surface area contributed by atoms with Gasteiger partial charge in [0, 0.05) is 6.20 Å². The molecular weight excluding hydrogens is 306 g/mol. The van der Waals surface area contributed by atoms with Crippen LogP contribution in [0.5, 0.6) is 0 Å². The van der Waals surface area contributed by atoms with Crippen molar-refractivity contribution >= 4 is 21.8 Å². The Labute approximate surface area is 118 Å². The first-order valence-electron chi connectivity index (χ1n) is 5.47. The number of sulfonamides is 1. The Kier molecular flexibility index (Phi) is 3.85. The molecule has 0 saturated heterocycles. The summed E-state index contributed by atoms with van der Waals surface area (Å²) in [4.78, 5) is 13.8. The number of benzene rings is 1. The molecule has 0 amide bonds. The maximum Gasteiger partial charge on any atom is 0.337 e. The molecule has 0 radical (unpaired) electrons. The number of aromatic carboxylic acids is 1. The van der Waals surface area contributed by atoms with Gasteiger partial charge in [0.2, 0.25) is 0 Å². The van der Waals surface area contributed by atoms with E-state index in [9.17, 15) is 22.0 Å². The summed E-state index contributed by atoms with van der Waals surface area (Å²) in [6.45, 7) is 0. The van der Waals surface area contributed by atoms with E-state index in [2.05, 4.69) is 4.98 Å². The molecule has 0 saturated carbocycles. The third-order valence-electron chi connectivity index (χ3n) is 2.45. The van der Waals surface area contributed by atoms with E-state index >= 15 is 0 Å². The van der Waals surface area contributed by atoms with E-state index in [-0.39, 0.29) is 11.4 Å². The zero-order valence-electron chi connectivity index (χ0n) is 10.2. The first-order valence-corrected chi connectivity index (χ1v) is 6.95. The van der Waals surface area contributed by atoms with Gasteiger partial charge in [0.05, 0.1) is 10.5 Å². The van der Waals surface area contributed by atoms with Crippen molar-refractivity contribution in [3.05, 3.63) is 53.7 Å². The summed E-state index contributed by atoms with van der Waals surface area (Å²) in [7, 11) is -4.15. The zero-order valence-corrected chi connectivity index (χ0v) is 11.1. The fourth-order valence-corrected chi connectivity index (χ4v) is 2.44. The Morgan fingerprint density at radius 1 is 1.14 bits per heavy atom. The second-order valence-corrected chi connectivity index (χ2v) is 5.60. The molecule has 0 spiro atoms. The molecular formula is C12H8F2N2O4S. The molecule has 6 nitrogen and oxygen atoms in total. The molecule has 0 fully saturated rings. The summed E-state index contributed by atoms with van der Waals surface area (Å²) < 4.78 is 51.7. The molecule has 0 aliphatic rings. The van der Waals surface area contributed by atoms with E-state index in [1.807, 2.05) is 4.72 Å². The minimum Gasteiger partial charge on any atom is -0.478 e. The monoisotopic (exact) mass is 314 g/mol. The molecule has 1 heterocycles. The molecule has 21 heavy (non-hydrogen) atoms. The number of rotatable bonds is 4. The van der Waals surface area contributed by atoms with Crippen molar-refractivity contribution in [2.45, 2.75) is 4.90 Å². The first kappa shape index (κ1) is 14.9. The van der Waals surface area contributed by atoms with Crippen molar-refractivity contribution in [2.24, 2.45) is 0 Å². The summed E-state index contributed by atoms with van der Waals surface area (Å²) in [5, 5.41) is 8.69. The molecule has 2 N–H and O–H groups in total. The topological polar surface area (TPSA) is 96.4 Å². The van der Waals surface area contributed by atoms with Crippen molar-refractivity contribution in [3.8, 4) is 0 Å². The van der Waals surface area contributed by atoms with Crippen LogP contribution < -0.4 is 4.72 Å². The van der Waals surface area contributed by atoms with Crippen molar-refractivity contribution in [1.29, 1.82) is 0 Å². The minimum absolute atomic E-state index is 0.120. The summed E-state index contributed by atoms with van der Waals surface area (Å²) >= 11 is 0. The molecule has 2 rings (SSSR count). The van der Waals surface area contributed by atoms with Gasteiger partial charge < -0.3 is 5.11 Å². The molecule has 0 atom stereocenters. The SMILES string of the molecule is O=C(O)c1ccc(NS(=O)(=O)c2ccc(F)c(F)c2)nc1. The fraction of sp³-hybridized carbons (Fsp3) is 0. The van der Waals surface area contributed by atoms with Crippen LogP contribution in [0.4, 0.5) is 14.6 Å². The average Bonchev–Trinajstić information content (AvgIpc) is 2.42. The standard InChI is InChI=1S/C12H8F2N2O4S/c13-9-3-2-8(5-10(9)14)21(19,20)16-11-4-1-7(6-15-11)12(17)18/h1-6H,(H,15,16)(H,17,18). The average molecular weight is 314 g/mol. The van der Waals surface area contributed by atoms with Gasteiger partial charge in [0.1, 0.15) is 5.82 Å². The molecule has 0 aliphatic heterocycles. The number of nitrogens with zero attached hydrogens (tertiary/aromatic N) is 1. The van der Waals surface area contributed by atoms with Gasteiger partial charge in [-0.05, 0) is 30.3 Å². The highest BCUT2D eigenvalue weighted by molar-refractivity contribution is 7.92. The van der Waals surface area contributed by atoms with Gasteiger partial charge in [-0.3, -0.25) is 4.72 Å². The van der Waals surface area contributed by atoms with Gasteiger partial charge in [0.25, 0.3) is 10.0 Å². The molecule has 9 heteroatoms.